The zero-order chi connectivity index (χ0) is 15.1. The van der Waals surface area contributed by atoms with Crippen LogP contribution in [0.4, 0.5) is 0 Å². The van der Waals surface area contributed by atoms with Crippen molar-refractivity contribution in [1.29, 1.82) is 0 Å². The molecule has 1 rings (SSSR count). The van der Waals surface area contributed by atoms with Crippen LogP contribution >= 0.6 is 0 Å². The number of rotatable bonds is 7. The fourth-order valence-corrected chi connectivity index (χ4v) is 2.46. The molecule has 1 amide bonds. The highest BCUT2D eigenvalue weighted by Gasteiger charge is 2.22. The minimum Gasteiger partial charge on any atom is -0.481 e. The van der Waals surface area contributed by atoms with Gasteiger partial charge in [0.15, 0.2) is 0 Å². The first-order valence-electron chi connectivity index (χ1n) is 7.60. The Morgan fingerprint density at radius 3 is 2.15 bits per heavy atom. The molecule has 0 bridgehead atoms. The third kappa shape index (κ3) is 6.37. The highest BCUT2D eigenvalue weighted by Crippen LogP contribution is 2.12. The van der Waals surface area contributed by atoms with Crippen LogP contribution in [0.25, 0.3) is 0 Å². The second kappa shape index (κ2) is 8.25. The number of piperazine rings is 1. The molecular weight excluding hydrogens is 256 g/mol. The first-order valence-corrected chi connectivity index (χ1v) is 7.60. The van der Waals surface area contributed by atoms with Gasteiger partial charge in [-0.15, -0.1) is 0 Å². The van der Waals surface area contributed by atoms with E-state index in [9.17, 15) is 9.59 Å². The van der Waals surface area contributed by atoms with Gasteiger partial charge in [-0.3, -0.25) is 14.5 Å². The van der Waals surface area contributed by atoms with Crippen LogP contribution in [0.2, 0.25) is 0 Å². The average Bonchev–Trinajstić information content (AvgIpc) is 2.35. The summed E-state index contributed by atoms with van der Waals surface area (Å²) in [5.74, 6) is -0.100. The molecule has 0 aliphatic carbocycles. The van der Waals surface area contributed by atoms with Crippen LogP contribution in [0.5, 0.6) is 0 Å². The van der Waals surface area contributed by atoms with Crippen LogP contribution in [-0.2, 0) is 9.59 Å². The molecule has 5 heteroatoms. The van der Waals surface area contributed by atoms with E-state index >= 15 is 0 Å². The predicted molar refractivity (Wildman–Crippen MR) is 78.5 cm³/mol. The van der Waals surface area contributed by atoms with Gasteiger partial charge in [-0.1, -0.05) is 20.8 Å². The highest BCUT2D eigenvalue weighted by molar-refractivity contribution is 5.77. The number of hydrogen-bond donors (Lipinski definition) is 1. The summed E-state index contributed by atoms with van der Waals surface area (Å²) >= 11 is 0. The van der Waals surface area contributed by atoms with Gasteiger partial charge in [-0.05, 0) is 24.8 Å². The molecule has 1 atom stereocenters. The van der Waals surface area contributed by atoms with Gasteiger partial charge in [0.25, 0.3) is 0 Å². The van der Waals surface area contributed by atoms with Crippen molar-refractivity contribution in [3.8, 4) is 0 Å². The molecule has 0 spiro atoms. The van der Waals surface area contributed by atoms with Crippen molar-refractivity contribution in [2.45, 2.75) is 40.0 Å². The third-order valence-corrected chi connectivity index (χ3v) is 3.79. The smallest absolute Gasteiger partial charge is 0.303 e. The molecule has 0 aromatic carbocycles. The molecule has 0 radical (unpaired) electrons. The lowest BCUT2D eigenvalue weighted by molar-refractivity contribution is -0.139. The van der Waals surface area contributed by atoms with Gasteiger partial charge in [0, 0.05) is 39.0 Å². The van der Waals surface area contributed by atoms with Crippen LogP contribution in [0.3, 0.4) is 0 Å². The van der Waals surface area contributed by atoms with Crippen molar-refractivity contribution in [2.24, 2.45) is 11.8 Å². The molecule has 116 valence electrons. The van der Waals surface area contributed by atoms with E-state index in [1.165, 1.54) is 6.42 Å². The Morgan fingerprint density at radius 1 is 1.05 bits per heavy atom. The summed E-state index contributed by atoms with van der Waals surface area (Å²) in [7, 11) is 0. The summed E-state index contributed by atoms with van der Waals surface area (Å²) in [5.41, 5.74) is 0. The van der Waals surface area contributed by atoms with Gasteiger partial charge in [-0.2, -0.15) is 0 Å². The first kappa shape index (κ1) is 17.0. The largest absolute Gasteiger partial charge is 0.481 e. The summed E-state index contributed by atoms with van der Waals surface area (Å²) in [5, 5.41) is 8.71. The number of amides is 1. The van der Waals surface area contributed by atoms with E-state index in [1.807, 2.05) is 11.8 Å². The van der Waals surface area contributed by atoms with Crippen molar-refractivity contribution >= 4 is 11.9 Å². The average molecular weight is 284 g/mol. The molecule has 1 heterocycles. The molecule has 5 nitrogen and oxygen atoms in total. The lowest BCUT2D eigenvalue weighted by Crippen LogP contribution is -2.49. The Morgan fingerprint density at radius 2 is 1.65 bits per heavy atom. The number of nitrogens with zero attached hydrogens (tertiary/aromatic N) is 2. The standard InChI is InChI=1S/C15H28N2O3/c1-12(2)4-5-16-6-8-17(9-7-16)14(18)10-13(3)11-15(19)20/h12-13H,4-11H2,1-3H3,(H,19,20). The van der Waals surface area contributed by atoms with Gasteiger partial charge in [-0.25, -0.2) is 0 Å². The monoisotopic (exact) mass is 284 g/mol. The van der Waals surface area contributed by atoms with E-state index in [0.29, 0.717) is 12.3 Å². The van der Waals surface area contributed by atoms with Crippen LogP contribution in [0.15, 0.2) is 0 Å². The normalized spacial score (nSPS) is 18.3. The zero-order valence-corrected chi connectivity index (χ0v) is 13.0. The minimum atomic E-state index is -0.830. The van der Waals surface area contributed by atoms with Crippen molar-refractivity contribution in [3.05, 3.63) is 0 Å². The fraction of sp³-hybridized carbons (Fsp3) is 0.867. The second-order valence-corrected chi connectivity index (χ2v) is 6.31. The van der Waals surface area contributed by atoms with E-state index in [-0.39, 0.29) is 18.2 Å². The van der Waals surface area contributed by atoms with Crippen LogP contribution in [-0.4, -0.2) is 59.5 Å². The van der Waals surface area contributed by atoms with Crippen molar-refractivity contribution in [3.63, 3.8) is 0 Å². The maximum atomic E-state index is 12.1. The molecule has 1 saturated heterocycles. The Bertz CT molecular complexity index is 323. The van der Waals surface area contributed by atoms with E-state index in [0.717, 1.165) is 32.7 Å². The lowest BCUT2D eigenvalue weighted by Gasteiger charge is -2.35. The van der Waals surface area contributed by atoms with Crippen LogP contribution < -0.4 is 0 Å². The number of carboxylic acids is 1. The number of carbonyl (C=O) groups excluding carboxylic acids is 1. The fourth-order valence-electron chi connectivity index (χ4n) is 2.46. The Kier molecular flexibility index (Phi) is 6.99. The molecule has 1 unspecified atom stereocenters. The Labute approximate surface area is 121 Å². The molecule has 1 aliphatic heterocycles. The maximum Gasteiger partial charge on any atom is 0.303 e. The van der Waals surface area contributed by atoms with Crippen LogP contribution in [0, 0.1) is 11.8 Å². The van der Waals surface area contributed by atoms with E-state index < -0.39 is 5.97 Å². The number of carbonyl (C=O) groups is 2. The molecule has 0 aromatic rings. The topological polar surface area (TPSA) is 60.9 Å². The third-order valence-electron chi connectivity index (χ3n) is 3.79. The summed E-state index contributed by atoms with van der Waals surface area (Å²) in [6.45, 7) is 10.8. The molecule has 0 saturated carbocycles. The number of hydrogen-bond acceptors (Lipinski definition) is 3. The summed E-state index contributed by atoms with van der Waals surface area (Å²) in [6, 6.07) is 0. The van der Waals surface area contributed by atoms with Gasteiger partial charge in [0.2, 0.25) is 5.91 Å². The quantitative estimate of drug-likeness (QED) is 0.772. The lowest BCUT2D eigenvalue weighted by atomic mass is 10.0. The molecule has 1 N–H and O–H groups in total. The minimum absolute atomic E-state index is 0.0695. The van der Waals surface area contributed by atoms with Gasteiger partial charge in [0.05, 0.1) is 0 Å². The van der Waals surface area contributed by atoms with Crippen LogP contribution in [0.1, 0.15) is 40.0 Å². The summed E-state index contributed by atoms with van der Waals surface area (Å²) in [4.78, 5) is 27.0. The Balaban J connectivity index is 2.26. The maximum absolute atomic E-state index is 12.1. The molecule has 0 aromatic heterocycles. The van der Waals surface area contributed by atoms with Crippen molar-refractivity contribution < 1.29 is 14.7 Å². The second-order valence-electron chi connectivity index (χ2n) is 6.31. The van der Waals surface area contributed by atoms with Crippen molar-refractivity contribution in [1.82, 2.24) is 9.80 Å². The van der Waals surface area contributed by atoms with E-state index in [1.54, 1.807) is 0 Å². The Hall–Kier alpha value is -1.10. The highest BCUT2D eigenvalue weighted by atomic mass is 16.4. The van der Waals surface area contributed by atoms with E-state index in [2.05, 4.69) is 18.7 Å². The van der Waals surface area contributed by atoms with Crippen molar-refractivity contribution in [2.75, 3.05) is 32.7 Å². The van der Waals surface area contributed by atoms with Gasteiger partial charge in [0.1, 0.15) is 0 Å². The molecule has 1 aliphatic rings. The predicted octanol–water partition coefficient (Wildman–Crippen LogP) is 1.68. The summed E-state index contributed by atoms with van der Waals surface area (Å²) < 4.78 is 0. The number of carboxylic acid groups (broad SMARTS) is 1. The molecule has 20 heavy (non-hydrogen) atoms. The SMILES string of the molecule is CC(C)CCN1CCN(C(=O)CC(C)CC(=O)O)CC1. The number of aliphatic carboxylic acids is 1. The molecule has 1 fully saturated rings. The molecular formula is C15H28N2O3. The van der Waals surface area contributed by atoms with Gasteiger partial charge < -0.3 is 10.0 Å². The van der Waals surface area contributed by atoms with E-state index in [4.69, 9.17) is 5.11 Å². The zero-order valence-electron chi connectivity index (χ0n) is 13.0. The summed E-state index contributed by atoms with van der Waals surface area (Å²) in [6.07, 6.45) is 1.61. The first-order chi connectivity index (χ1) is 9.38. The van der Waals surface area contributed by atoms with Gasteiger partial charge >= 0.3 is 5.97 Å².